The molecule has 0 saturated carbocycles. The minimum absolute atomic E-state index is 0.198. The van der Waals surface area contributed by atoms with Crippen LogP contribution in [0, 0.1) is 13.8 Å². The van der Waals surface area contributed by atoms with Gasteiger partial charge in [-0.15, -0.1) is 0 Å². The predicted octanol–water partition coefficient (Wildman–Crippen LogP) is 3.79. The lowest BCUT2D eigenvalue weighted by Crippen LogP contribution is -2.39. The Morgan fingerprint density at radius 2 is 1.69 bits per heavy atom. The maximum Gasteiger partial charge on any atom is 0.278 e. The first-order valence-corrected chi connectivity index (χ1v) is 12.0. The van der Waals surface area contributed by atoms with E-state index in [0.717, 1.165) is 30.0 Å². The van der Waals surface area contributed by atoms with Gasteiger partial charge in [0.1, 0.15) is 11.6 Å². The summed E-state index contributed by atoms with van der Waals surface area (Å²) in [6.45, 7) is 6.92. The Kier molecular flexibility index (Phi) is 7.29. The molecule has 0 aliphatic heterocycles. The number of benzene rings is 2. The Labute approximate surface area is 205 Å². The monoisotopic (exact) mass is 472 g/mol. The number of carbonyl (C=O) groups is 1. The molecule has 0 radical (unpaired) electrons. The van der Waals surface area contributed by atoms with Crippen molar-refractivity contribution < 1.29 is 4.79 Å². The van der Waals surface area contributed by atoms with Crippen LogP contribution in [0.1, 0.15) is 37.2 Å². The number of anilines is 1. The van der Waals surface area contributed by atoms with Crippen molar-refractivity contribution in [1.82, 2.24) is 24.9 Å². The van der Waals surface area contributed by atoms with Gasteiger partial charge in [0.15, 0.2) is 0 Å². The molecule has 4 rings (SSSR count). The predicted molar refractivity (Wildman–Crippen MR) is 139 cm³/mol. The van der Waals surface area contributed by atoms with Crippen molar-refractivity contribution in [2.75, 3.05) is 25.0 Å². The van der Waals surface area contributed by atoms with E-state index in [0.29, 0.717) is 29.6 Å². The lowest BCUT2D eigenvalue weighted by Gasteiger charge is -2.20. The zero-order valence-electron chi connectivity index (χ0n) is 20.7. The third kappa shape index (κ3) is 4.96. The second-order valence-corrected chi connectivity index (χ2v) is 8.72. The summed E-state index contributed by atoms with van der Waals surface area (Å²) in [5.74, 6) is -0.198. The Hall–Kier alpha value is -3.94. The van der Waals surface area contributed by atoms with Gasteiger partial charge in [-0.1, -0.05) is 43.3 Å². The van der Waals surface area contributed by atoms with Gasteiger partial charge in [-0.2, -0.15) is 10.2 Å². The Bertz CT molecular complexity index is 1360. The van der Waals surface area contributed by atoms with E-state index >= 15 is 0 Å². The lowest BCUT2D eigenvalue weighted by atomic mass is 10.2. The standard InChI is InChI=1S/C27H32N6O2/c1-5-23(26(34)28-17-12-18-31(4)21-13-8-6-9-14-21)33-27(35)24-20(3)32(22-15-10-7-11-16-22)30-25(24)19(2)29-33/h6-11,13-16,23H,5,12,17-18H2,1-4H3,(H,28,34). The lowest BCUT2D eigenvalue weighted by molar-refractivity contribution is -0.124. The number of amides is 1. The van der Waals surface area contributed by atoms with Gasteiger partial charge in [0.05, 0.1) is 22.5 Å². The molecule has 0 bridgehead atoms. The van der Waals surface area contributed by atoms with E-state index in [4.69, 9.17) is 0 Å². The van der Waals surface area contributed by atoms with E-state index in [1.807, 2.05) is 76.3 Å². The molecular weight excluding hydrogens is 440 g/mol. The average molecular weight is 473 g/mol. The van der Waals surface area contributed by atoms with E-state index in [-0.39, 0.29) is 11.5 Å². The number of carbonyl (C=O) groups excluding carboxylic acids is 1. The Balaban J connectivity index is 1.52. The van der Waals surface area contributed by atoms with Crippen molar-refractivity contribution in [3.05, 3.63) is 82.4 Å². The second kappa shape index (κ2) is 10.5. The van der Waals surface area contributed by atoms with E-state index in [1.54, 1.807) is 4.68 Å². The summed E-state index contributed by atoms with van der Waals surface area (Å²) >= 11 is 0. The molecule has 0 aliphatic carbocycles. The molecule has 8 heteroatoms. The molecule has 2 heterocycles. The highest BCUT2D eigenvalue weighted by atomic mass is 16.2. The average Bonchev–Trinajstić information content (AvgIpc) is 3.24. The van der Waals surface area contributed by atoms with Crippen LogP contribution in [0.15, 0.2) is 65.5 Å². The van der Waals surface area contributed by atoms with Gasteiger partial charge in [-0.05, 0) is 51.0 Å². The Morgan fingerprint density at radius 3 is 2.34 bits per heavy atom. The summed E-state index contributed by atoms with van der Waals surface area (Å²) < 4.78 is 3.09. The van der Waals surface area contributed by atoms with Crippen LogP contribution in [0.25, 0.3) is 16.6 Å². The number of aromatic nitrogens is 4. The van der Waals surface area contributed by atoms with E-state index in [1.165, 1.54) is 4.68 Å². The fraction of sp³-hybridized carbons (Fsp3) is 0.333. The van der Waals surface area contributed by atoms with E-state index in [9.17, 15) is 9.59 Å². The maximum absolute atomic E-state index is 13.5. The highest BCUT2D eigenvalue weighted by Crippen LogP contribution is 2.21. The van der Waals surface area contributed by atoms with Gasteiger partial charge < -0.3 is 10.2 Å². The van der Waals surface area contributed by atoms with Crippen LogP contribution in [0.3, 0.4) is 0 Å². The molecule has 0 fully saturated rings. The number of fused-ring (bicyclic) bond motifs is 1. The van der Waals surface area contributed by atoms with Gasteiger partial charge >= 0.3 is 0 Å². The first kappa shape index (κ1) is 24.2. The summed E-state index contributed by atoms with van der Waals surface area (Å²) in [4.78, 5) is 28.7. The van der Waals surface area contributed by atoms with Crippen LogP contribution >= 0.6 is 0 Å². The first-order valence-electron chi connectivity index (χ1n) is 12.0. The van der Waals surface area contributed by atoms with Crippen molar-refractivity contribution in [3.63, 3.8) is 0 Å². The second-order valence-electron chi connectivity index (χ2n) is 8.72. The number of hydrogen-bond acceptors (Lipinski definition) is 5. The van der Waals surface area contributed by atoms with E-state index < -0.39 is 6.04 Å². The molecule has 8 nitrogen and oxygen atoms in total. The van der Waals surface area contributed by atoms with Gasteiger partial charge in [-0.25, -0.2) is 9.36 Å². The van der Waals surface area contributed by atoms with Crippen molar-refractivity contribution in [1.29, 1.82) is 0 Å². The number of para-hydroxylation sites is 2. The molecule has 182 valence electrons. The topological polar surface area (TPSA) is 85.1 Å². The first-order chi connectivity index (χ1) is 16.9. The van der Waals surface area contributed by atoms with E-state index in [2.05, 4.69) is 32.5 Å². The largest absolute Gasteiger partial charge is 0.375 e. The summed E-state index contributed by atoms with van der Waals surface area (Å²) in [6.07, 6.45) is 1.25. The molecular formula is C27H32N6O2. The quantitative estimate of drug-likeness (QED) is 0.375. The third-order valence-electron chi connectivity index (χ3n) is 6.29. The molecule has 0 aliphatic rings. The highest BCUT2D eigenvalue weighted by molar-refractivity contribution is 5.84. The van der Waals surface area contributed by atoms with Crippen molar-refractivity contribution >= 4 is 22.5 Å². The smallest absolute Gasteiger partial charge is 0.278 e. The van der Waals surface area contributed by atoms with Crippen molar-refractivity contribution in [3.8, 4) is 5.69 Å². The highest BCUT2D eigenvalue weighted by Gasteiger charge is 2.25. The third-order valence-corrected chi connectivity index (χ3v) is 6.29. The molecule has 2 aromatic carbocycles. The van der Waals surface area contributed by atoms with Crippen LogP contribution in [-0.4, -0.2) is 45.6 Å². The zero-order chi connectivity index (χ0) is 24.9. The van der Waals surface area contributed by atoms with Gasteiger partial charge in [0.2, 0.25) is 5.91 Å². The van der Waals surface area contributed by atoms with Crippen LogP contribution in [0.5, 0.6) is 0 Å². The van der Waals surface area contributed by atoms with Gasteiger partial charge in [-0.3, -0.25) is 9.59 Å². The molecule has 0 spiro atoms. The maximum atomic E-state index is 13.5. The van der Waals surface area contributed by atoms with Crippen LogP contribution in [0.4, 0.5) is 5.69 Å². The molecule has 1 atom stereocenters. The minimum Gasteiger partial charge on any atom is -0.375 e. The summed E-state index contributed by atoms with van der Waals surface area (Å²) in [5, 5.41) is 12.6. The van der Waals surface area contributed by atoms with Crippen molar-refractivity contribution in [2.24, 2.45) is 0 Å². The molecule has 1 unspecified atom stereocenters. The number of nitrogens with zero attached hydrogens (tertiary/aromatic N) is 5. The van der Waals surface area contributed by atoms with Gasteiger partial charge in [0, 0.05) is 25.8 Å². The molecule has 4 aromatic rings. The number of rotatable bonds is 9. The van der Waals surface area contributed by atoms with Crippen molar-refractivity contribution in [2.45, 2.75) is 39.7 Å². The van der Waals surface area contributed by atoms with Crippen LogP contribution in [0.2, 0.25) is 0 Å². The molecule has 0 saturated heterocycles. The summed E-state index contributed by atoms with van der Waals surface area (Å²) in [5.41, 5.74) is 3.62. The number of nitrogens with one attached hydrogen (secondary N) is 1. The Morgan fingerprint density at radius 1 is 1.03 bits per heavy atom. The number of aryl methyl sites for hydroxylation is 2. The van der Waals surface area contributed by atoms with Crippen LogP contribution < -0.4 is 15.8 Å². The fourth-order valence-electron chi connectivity index (χ4n) is 4.34. The molecule has 2 aromatic heterocycles. The zero-order valence-corrected chi connectivity index (χ0v) is 20.7. The fourth-order valence-corrected chi connectivity index (χ4v) is 4.34. The molecule has 35 heavy (non-hydrogen) atoms. The minimum atomic E-state index is -0.683. The SMILES string of the molecule is CCC(C(=O)NCCCN(C)c1ccccc1)n1nc(C)c2nn(-c3ccccc3)c(C)c2c1=O. The molecule has 1 amide bonds. The summed E-state index contributed by atoms with van der Waals surface area (Å²) in [6, 6.07) is 19.1. The van der Waals surface area contributed by atoms with Gasteiger partial charge in [0.25, 0.3) is 5.56 Å². The van der Waals surface area contributed by atoms with Crippen LogP contribution in [-0.2, 0) is 4.79 Å². The number of hydrogen-bond donors (Lipinski definition) is 1. The summed E-state index contributed by atoms with van der Waals surface area (Å²) in [7, 11) is 2.03. The normalized spacial score (nSPS) is 12.0. The molecule has 1 N–H and O–H groups in total.